The van der Waals surface area contributed by atoms with Gasteiger partial charge in [0.2, 0.25) is 10.0 Å². The van der Waals surface area contributed by atoms with Gasteiger partial charge in [0.05, 0.1) is 24.8 Å². The highest BCUT2D eigenvalue weighted by molar-refractivity contribution is 7.89. The number of hydrazone groups is 1. The Morgan fingerprint density at radius 2 is 1.78 bits per heavy atom. The van der Waals surface area contributed by atoms with Crippen LogP contribution in [0, 0.1) is 0 Å². The first-order valence-electron chi connectivity index (χ1n) is 9.67. The van der Waals surface area contributed by atoms with E-state index in [4.69, 9.17) is 4.74 Å². The van der Waals surface area contributed by atoms with Gasteiger partial charge in [-0.15, -0.1) is 0 Å². The number of rotatable bonds is 9. The maximum atomic E-state index is 13.2. The summed E-state index contributed by atoms with van der Waals surface area (Å²) < 4.78 is 32.7. The van der Waals surface area contributed by atoms with Crippen LogP contribution in [0.15, 0.2) is 88.9 Å². The highest BCUT2D eigenvalue weighted by atomic mass is 32.2. The summed E-state index contributed by atoms with van der Waals surface area (Å²) in [5, 5.41) is 13.3. The van der Waals surface area contributed by atoms with E-state index in [9.17, 15) is 18.3 Å². The van der Waals surface area contributed by atoms with Gasteiger partial charge in [-0.3, -0.25) is 4.79 Å². The average Bonchev–Trinajstić information content (AvgIpc) is 2.79. The van der Waals surface area contributed by atoms with E-state index in [1.165, 1.54) is 37.6 Å². The number of phenolic OH excluding ortho intramolecular Hbond substituents is 1. The van der Waals surface area contributed by atoms with E-state index in [0.29, 0.717) is 11.3 Å². The Hall–Kier alpha value is -3.69. The molecule has 0 fully saturated rings. The van der Waals surface area contributed by atoms with Crippen molar-refractivity contribution in [2.24, 2.45) is 5.10 Å². The summed E-state index contributed by atoms with van der Waals surface area (Å²) in [4.78, 5) is 12.5. The number of nitrogens with zero attached hydrogens (tertiary/aromatic N) is 2. The average molecular weight is 454 g/mol. The molecule has 32 heavy (non-hydrogen) atoms. The van der Waals surface area contributed by atoms with Crippen LogP contribution < -0.4 is 10.2 Å². The van der Waals surface area contributed by atoms with Crippen LogP contribution in [0.4, 0.5) is 0 Å². The van der Waals surface area contributed by atoms with Crippen molar-refractivity contribution in [3.8, 4) is 11.5 Å². The summed E-state index contributed by atoms with van der Waals surface area (Å²) in [5.41, 5.74) is 3.65. The lowest BCUT2D eigenvalue weighted by Crippen LogP contribution is -2.39. The lowest BCUT2D eigenvalue weighted by atomic mass is 10.2. The van der Waals surface area contributed by atoms with Gasteiger partial charge in [-0.2, -0.15) is 9.41 Å². The predicted octanol–water partition coefficient (Wildman–Crippen LogP) is 2.74. The molecule has 0 heterocycles. The van der Waals surface area contributed by atoms with Crippen molar-refractivity contribution in [2.75, 3.05) is 13.7 Å². The Bertz CT molecular complexity index is 1180. The lowest BCUT2D eigenvalue weighted by Gasteiger charge is -2.21. The van der Waals surface area contributed by atoms with Gasteiger partial charge in [0.1, 0.15) is 11.5 Å². The number of hydrogen-bond donors (Lipinski definition) is 2. The van der Waals surface area contributed by atoms with Gasteiger partial charge >= 0.3 is 0 Å². The molecule has 9 heteroatoms. The molecule has 2 N–H and O–H groups in total. The van der Waals surface area contributed by atoms with Gasteiger partial charge in [-0.25, -0.2) is 13.8 Å². The SMILES string of the molecule is COc1ccc(S(=O)(=O)N(CC(=O)NN=Cc2cccc(O)c2)Cc2ccccc2)cc1. The number of nitrogens with one attached hydrogen (secondary N) is 1. The topological polar surface area (TPSA) is 108 Å². The van der Waals surface area contributed by atoms with Crippen LogP contribution in [0.25, 0.3) is 0 Å². The first kappa shape index (κ1) is 23.0. The minimum absolute atomic E-state index is 0.0128. The number of carbonyl (C=O) groups is 1. The maximum absolute atomic E-state index is 13.2. The second-order valence-electron chi connectivity index (χ2n) is 6.82. The van der Waals surface area contributed by atoms with Crippen LogP contribution in [-0.4, -0.2) is 43.6 Å². The molecule has 8 nitrogen and oxygen atoms in total. The molecule has 3 aromatic carbocycles. The molecule has 0 radical (unpaired) electrons. The summed E-state index contributed by atoms with van der Waals surface area (Å²) in [5.74, 6) is -0.00749. The number of amides is 1. The summed E-state index contributed by atoms with van der Waals surface area (Å²) in [6.07, 6.45) is 1.36. The molecule has 0 aliphatic rings. The number of benzene rings is 3. The van der Waals surface area contributed by atoms with Crippen molar-refractivity contribution in [3.05, 3.63) is 90.0 Å². The standard InChI is InChI=1S/C23H23N3O5S/c1-31-21-10-12-22(13-11-21)32(29,30)26(16-18-6-3-2-4-7-18)17-23(28)25-24-15-19-8-5-9-20(27)14-19/h2-15,27H,16-17H2,1H3,(H,25,28). The fourth-order valence-corrected chi connectivity index (χ4v) is 4.27. The number of ether oxygens (including phenoxy) is 1. The molecule has 3 aromatic rings. The highest BCUT2D eigenvalue weighted by Gasteiger charge is 2.27. The highest BCUT2D eigenvalue weighted by Crippen LogP contribution is 2.21. The fourth-order valence-electron chi connectivity index (χ4n) is 2.89. The van der Waals surface area contributed by atoms with Crippen LogP contribution in [0.3, 0.4) is 0 Å². The zero-order valence-corrected chi connectivity index (χ0v) is 18.2. The summed E-state index contributed by atoms with van der Waals surface area (Å²) in [6, 6.07) is 21.3. The second kappa shape index (κ2) is 10.6. The maximum Gasteiger partial charge on any atom is 0.255 e. The molecule has 0 spiro atoms. The lowest BCUT2D eigenvalue weighted by molar-refractivity contribution is -0.121. The van der Waals surface area contributed by atoms with E-state index in [1.54, 1.807) is 48.5 Å². The number of hydrogen-bond acceptors (Lipinski definition) is 6. The second-order valence-corrected chi connectivity index (χ2v) is 8.76. The molecular formula is C23H23N3O5S. The number of sulfonamides is 1. The van der Waals surface area contributed by atoms with Crippen molar-refractivity contribution in [1.82, 2.24) is 9.73 Å². The minimum Gasteiger partial charge on any atom is -0.508 e. The monoisotopic (exact) mass is 453 g/mol. The van der Waals surface area contributed by atoms with Crippen LogP contribution in [0.5, 0.6) is 11.5 Å². The molecule has 1 amide bonds. The predicted molar refractivity (Wildman–Crippen MR) is 121 cm³/mol. The van der Waals surface area contributed by atoms with Gasteiger partial charge in [0, 0.05) is 6.54 Å². The van der Waals surface area contributed by atoms with Gasteiger partial charge in [0.25, 0.3) is 5.91 Å². The van der Waals surface area contributed by atoms with Crippen molar-refractivity contribution >= 4 is 22.1 Å². The first-order valence-corrected chi connectivity index (χ1v) is 11.1. The minimum atomic E-state index is -3.97. The van der Waals surface area contributed by atoms with Crippen LogP contribution in [-0.2, 0) is 21.4 Å². The molecular weight excluding hydrogens is 430 g/mol. The van der Waals surface area contributed by atoms with Crippen molar-refractivity contribution in [2.45, 2.75) is 11.4 Å². The number of aromatic hydroxyl groups is 1. The summed E-state index contributed by atoms with van der Waals surface area (Å²) in [6.45, 7) is -0.417. The number of phenols is 1. The van der Waals surface area contributed by atoms with Crippen molar-refractivity contribution < 1.29 is 23.1 Å². The Kier molecular flexibility index (Phi) is 7.58. The first-order chi connectivity index (χ1) is 15.4. The van der Waals surface area contributed by atoms with Crippen molar-refractivity contribution in [1.29, 1.82) is 0 Å². The van der Waals surface area contributed by atoms with E-state index >= 15 is 0 Å². The Labute approximate surface area is 186 Å². The van der Waals surface area contributed by atoms with Gasteiger partial charge in [-0.1, -0.05) is 42.5 Å². The van der Waals surface area contributed by atoms with Crippen LogP contribution in [0.1, 0.15) is 11.1 Å². The fraction of sp³-hybridized carbons (Fsp3) is 0.130. The van der Waals surface area contributed by atoms with E-state index in [1.807, 2.05) is 6.07 Å². The molecule has 0 aliphatic carbocycles. The van der Waals surface area contributed by atoms with Crippen LogP contribution >= 0.6 is 0 Å². The Morgan fingerprint density at radius 1 is 1.06 bits per heavy atom. The molecule has 0 atom stereocenters. The van der Waals surface area contributed by atoms with E-state index in [-0.39, 0.29) is 17.2 Å². The third kappa shape index (κ3) is 6.16. The third-order valence-corrected chi connectivity index (χ3v) is 6.30. The molecule has 0 aliphatic heterocycles. The molecule has 0 saturated heterocycles. The van der Waals surface area contributed by atoms with Gasteiger partial charge < -0.3 is 9.84 Å². The molecule has 0 aromatic heterocycles. The number of carbonyl (C=O) groups excluding carboxylic acids is 1. The molecule has 0 saturated carbocycles. The Morgan fingerprint density at radius 3 is 2.44 bits per heavy atom. The van der Waals surface area contributed by atoms with Crippen LogP contribution in [0.2, 0.25) is 0 Å². The molecule has 166 valence electrons. The summed E-state index contributed by atoms with van der Waals surface area (Å²) in [7, 11) is -2.48. The largest absolute Gasteiger partial charge is 0.508 e. The number of methoxy groups -OCH3 is 1. The molecule has 0 bridgehead atoms. The van der Waals surface area contributed by atoms with Crippen molar-refractivity contribution in [3.63, 3.8) is 0 Å². The smallest absolute Gasteiger partial charge is 0.255 e. The van der Waals surface area contributed by atoms with E-state index in [0.717, 1.165) is 9.87 Å². The molecule has 3 rings (SSSR count). The van der Waals surface area contributed by atoms with Gasteiger partial charge in [-0.05, 0) is 47.5 Å². The summed E-state index contributed by atoms with van der Waals surface area (Å²) >= 11 is 0. The van der Waals surface area contributed by atoms with E-state index in [2.05, 4.69) is 10.5 Å². The third-order valence-electron chi connectivity index (χ3n) is 4.49. The zero-order valence-electron chi connectivity index (χ0n) is 17.4. The zero-order chi connectivity index (χ0) is 23.0. The normalized spacial score (nSPS) is 11.6. The Balaban J connectivity index is 1.78. The van der Waals surface area contributed by atoms with Gasteiger partial charge in [0.15, 0.2) is 0 Å². The quantitative estimate of drug-likeness (QED) is 0.383. The molecule has 0 unspecified atom stereocenters. The van der Waals surface area contributed by atoms with E-state index < -0.39 is 22.5 Å².